The highest BCUT2D eigenvalue weighted by molar-refractivity contribution is 5.94. The Morgan fingerprint density at radius 2 is 2.18 bits per heavy atom. The van der Waals surface area contributed by atoms with Crippen LogP contribution in [0.4, 0.5) is 0 Å². The van der Waals surface area contributed by atoms with Crippen LogP contribution in [0, 0.1) is 5.92 Å². The van der Waals surface area contributed by atoms with Crippen molar-refractivity contribution in [3.05, 3.63) is 12.2 Å². The predicted octanol–water partition coefficient (Wildman–Crippen LogP) is 1.33. The van der Waals surface area contributed by atoms with Crippen molar-refractivity contribution in [2.75, 3.05) is 13.1 Å². The SMILES string of the molecule is C/C=C/CCN1CC(=O)NC(CC(C)C)C1=O. The number of hydrogen-bond donors (Lipinski definition) is 1. The van der Waals surface area contributed by atoms with Crippen molar-refractivity contribution in [2.24, 2.45) is 5.92 Å². The Kier molecular flexibility index (Phi) is 5.19. The molecule has 1 unspecified atom stereocenters. The number of rotatable bonds is 5. The standard InChI is InChI=1S/C13H22N2O2/c1-4-5-6-7-15-9-12(16)14-11(13(15)17)8-10(2)3/h4-5,10-11H,6-9H2,1-3H3,(H,14,16)/b5-4+. The van der Waals surface area contributed by atoms with Crippen molar-refractivity contribution in [1.82, 2.24) is 10.2 Å². The van der Waals surface area contributed by atoms with Gasteiger partial charge < -0.3 is 10.2 Å². The first kappa shape index (κ1) is 13.7. The Bertz CT molecular complexity index is 311. The maximum atomic E-state index is 12.1. The van der Waals surface area contributed by atoms with Gasteiger partial charge >= 0.3 is 0 Å². The van der Waals surface area contributed by atoms with E-state index in [0.717, 1.165) is 6.42 Å². The predicted molar refractivity (Wildman–Crippen MR) is 67.4 cm³/mol. The monoisotopic (exact) mass is 238 g/mol. The molecule has 1 fully saturated rings. The van der Waals surface area contributed by atoms with E-state index in [9.17, 15) is 9.59 Å². The Morgan fingerprint density at radius 3 is 2.76 bits per heavy atom. The number of allylic oxidation sites excluding steroid dienone is 1. The molecule has 1 heterocycles. The van der Waals surface area contributed by atoms with Gasteiger partial charge in [0.15, 0.2) is 0 Å². The van der Waals surface area contributed by atoms with Gasteiger partial charge in [-0.05, 0) is 25.7 Å². The second kappa shape index (κ2) is 6.42. The summed E-state index contributed by atoms with van der Waals surface area (Å²) in [5.41, 5.74) is 0. The van der Waals surface area contributed by atoms with Gasteiger partial charge in [0.05, 0.1) is 6.54 Å². The van der Waals surface area contributed by atoms with Gasteiger partial charge in [-0.15, -0.1) is 0 Å². The third kappa shape index (κ3) is 4.21. The van der Waals surface area contributed by atoms with E-state index in [0.29, 0.717) is 18.9 Å². The molecule has 1 aliphatic heterocycles. The molecule has 1 aliphatic rings. The zero-order valence-electron chi connectivity index (χ0n) is 10.9. The smallest absolute Gasteiger partial charge is 0.245 e. The molecule has 4 heteroatoms. The summed E-state index contributed by atoms with van der Waals surface area (Å²) in [6, 6.07) is -0.332. The second-order valence-corrected chi connectivity index (χ2v) is 4.87. The van der Waals surface area contributed by atoms with Gasteiger partial charge in [0.1, 0.15) is 6.04 Å². The van der Waals surface area contributed by atoms with Crippen LogP contribution in [-0.2, 0) is 9.59 Å². The lowest BCUT2D eigenvalue weighted by atomic mass is 10.0. The van der Waals surface area contributed by atoms with Gasteiger partial charge in [-0.2, -0.15) is 0 Å². The number of piperazine rings is 1. The van der Waals surface area contributed by atoms with E-state index in [-0.39, 0.29) is 24.4 Å². The molecular weight excluding hydrogens is 216 g/mol. The molecule has 96 valence electrons. The minimum atomic E-state index is -0.332. The fourth-order valence-corrected chi connectivity index (χ4v) is 1.99. The molecule has 1 N–H and O–H groups in total. The van der Waals surface area contributed by atoms with Gasteiger partial charge in [-0.1, -0.05) is 26.0 Å². The van der Waals surface area contributed by atoms with Gasteiger partial charge in [-0.3, -0.25) is 9.59 Å². The van der Waals surface area contributed by atoms with Crippen LogP contribution in [0.5, 0.6) is 0 Å². The Hall–Kier alpha value is -1.32. The largest absolute Gasteiger partial charge is 0.343 e. The number of carbonyl (C=O) groups is 2. The number of hydrogen-bond acceptors (Lipinski definition) is 2. The van der Waals surface area contributed by atoms with Crippen LogP contribution in [-0.4, -0.2) is 35.8 Å². The van der Waals surface area contributed by atoms with Gasteiger partial charge in [0, 0.05) is 6.54 Å². The van der Waals surface area contributed by atoms with E-state index in [1.807, 2.05) is 19.1 Å². The van der Waals surface area contributed by atoms with E-state index in [1.54, 1.807) is 4.90 Å². The van der Waals surface area contributed by atoms with E-state index < -0.39 is 0 Å². The van der Waals surface area contributed by atoms with Crippen molar-refractivity contribution < 1.29 is 9.59 Å². The summed E-state index contributed by atoms with van der Waals surface area (Å²) in [5, 5.41) is 2.77. The maximum Gasteiger partial charge on any atom is 0.245 e. The molecule has 1 atom stereocenters. The Morgan fingerprint density at radius 1 is 1.47 bits per heavy atom. The van der Waals surface area contributed by atoms with Gasteiger partial charge in [0.2, 0.25) is 11.8 Å². The summed E-state index contributed by atoms with van der Waals surface area (Å²) < 4.78 is 0. The quantitative estimate of drug-likeness (QED) is 0.734. The zero-order valence-corrected chi connectivity index (χ0v) is 10.9. The lowest BCUT2D eigenvalue weighted by Crippen LogP contribution is -2.58. The number of carbonyl (C=O) groups excluding carboxylic acids is 2. The number of nitrogens with zero attached hydrogens (tertiary/aromatic N) is 1. The fourth-order valence-electron chi connectivity index (χ4n) is 1.99. The van der Waals surface area contributed by atoms with Crippen LogP contribution in [0.25, 0.3) is 0 Å². The molecule has 0 aromatic carbocycles. The van der Waals surface area contributed by atoms with Gasteiger partial charge in [0.25, 0.3) is 0 Å². The molecule has 4 nitrogen and oxygen atoms in total. The molecule has 17 heavy (non-hydrogen) atoms. The summed E-state index contributed by atoms with van der Waals surface area (Å²) in [5.74, 6) is 0.415. The first-order valence-electron chi connectivity index (χ1n) is 6.24. The van der Waals surface area contributed by atoms with Crippen LogP contribution in [0.15, 0.2) is 12.2 Å². The molecule has 0 saturated carbocycles. The molecule has 1 saturated heterocycles. The Balaban J connectivity index is 2.58. The highest BCUT2D eigenvalue weighted by Crippen LogP contribution is 2.11. The van der Waals surface area contributed by atoms with Crippen molar-refractivity contribution >= 4 is 11.8 Å². The van der Waals surface area contributed by atoms with Crippen molar-refractivity contribution in [2.45, 2.75) is 39.7 Å². The topological polar surface area (TPSA) is 49.4 Å². The second-order valence-electron chi connectivity index (χ2n) is 4.87. The van der Waals surface area contributed by atoms with Crippen LogP contribution in [0.2, 0.25) is 0 Å². The summed E-state index contributed by atoms with van der Waals surface area (Å²) >= 11 is 0. The van der Waals surface area contributed by atoms with E-state index >= 15 is 0 Å². The molecule has 0 aromatic rings. The average molecular weight is 238 g/mol. The first-order chi connectivity index (χ1) is 8.04. The fraction of sp³-hybridized carbons (Fsp3) is 0.692. The molecule has 0 aliphatic carbocycles. The molecule has 1 rings (SSSR count). The van der Waals surface area contributed by atoms with Crippen LogP contribution in [0.1, 0.15) is 33.6 Å². The summed E-state index contributed by atoms with van der Waals surface area (Å²) in [7, 11) is 0. The number of nitrogens with one attached hydrogen (secondary N) is 1. The minimum Gasteiger partial charge on any atom is -0.343 e. The molecule has 2 amide bonds. The van der Waals surface area contributed by atoms with Crippen LogP contribution < -0.4 is 5.32 Å². The summed E-state index contributed by atoms with van der Waals surface area (Å²) in [6.45, 7) is 6.89. The van der Waals surface area contributed by atoms with Crippen molar-refractivity contribution in [3.63, 3.8) is 0 Å². The number of amides is 2. The third-order valence-corrected chi connectivity index (χ3v) is 2.79. The average Bonchev–Trinajstić information content (AvgIpc) is 2.24. The third-order valence-electron chi connectivity index (χ3n) is 2.79. The zero-order chi connectivity index (χ0) is 12.8. The molecule has 0 spiro atoms. The lowest BCUT2D eigenvalue weighted by molar-refractivity contribution is -0.144. The minimum absolute atomic E-state index is 0.0456. The lowest BCUT2D eigenvalue weighted by Gasteiger charge is -2.33. The van der Waals surface area contributed by atoms with Crippen LogP contribution >= 0.6 is 0 Å². The highest BCUT2D eigenvalue weighted by Gasteiger charge is 2.32. The summed E-state index contributed by atoms with van der Waals surface area (Å²) in [6.07, 6.45) is 5.49. The van der Waals surface area contributed by atoms with Crippen LogP contribution in [0.3, 0.4) is 0 Å². The molecular formula is C13H22N2O2. The van der Waals surface area contributed by atoms with E-state index in [4.69, 9.17) is 0 Å². The van der Waals surface area contributed by atoms with E-state index in [2.05, 4.69) is 19.2 Å². The highest BCUT2D eigenvalue weighted by atomic mass is 16.2. The molecule has 0 radical (unpaired) electrons. The van der Waals surface area contributed by atoms with Crippen molar-refractivity contribution in [1.29, 1.82) is 0 Å². The molecule has 0 bridgehead atoms. The maximum absolute atomic E-state index is 12.1. The summed E-state index contributed by atoms with van der Waals surface area (Å²) in [4.78, 5) is 25.3. The normalized spacial score (nSPS) is 21.4. The van der Waals surface area contributed by atoms with Crippen molar-refractivity contribution in [3.8, 4) is 0 Å². The molecule has 0 aromatic heterocycles. The Labute approximate surface area is 103 Å². The van der Waals surface area contributed by atoms with Gasteiger partial charge in [-0.25, -0.2) is 0 Å². The van der Waals surface area contributed by atoms with E-state index in [1.165, 1.54) is 0 Å². The first-order valence-corrected chi connectivity index (χ1v) is 6.24.